The smallest absolute Gasteiger partial charge is 0.251 e. The second-order valence-corrected chi connectivity index (χ2v) is 7.23. The normalized spacial score (nSPS) is 17.4. The number of carbonyl (C=O) groups is 1. The lowest BCUT2D eigenvalue weighted by Gasteiger charge is -2.17. The molecule has 3 aromatic rings. The summed E-state index contributed by atoms with van der Waals surface area (Å²) in [7, 11) is 0. The van der Waals surface area contributed by atoms with Crippen LogP contribution in [0.4, 0.5) is 0 Å². The van der Waals surface area contributed by atoms with Gasteiger partial charge < -0.3 is 14.8 Å². The molecule has 0 spiro atoms. The van der Waals surface area contributed by atoms with E-state index in [0.29, 0.717) is 12.2 Å². The summed E-state index contributed by atoms with van der Waals surface area (Å²) < 4.78 is 11.3. The molecular formula is C24H25NO3. The molecule has 1 fully saturated rings. The van der Waals surface area contributed by atoms with Crippen molar-refractivity contribution in [3.05, 3.63) is 77.9 Å². The minimum absolute atomic E-state index is 0.0889. The maximum atomic E-state index is 12.7. The maximum Gasteiger partial charge on any atom is 0.251 e. The summed E-state index contributed by atoms with van der Waals surface area (Å²) in [5.74, 6) is 0.667. The predicted octanol–water partition coefficient (Wildman–Crippen LogP) is 4.89. The van der Waals surface area contributed by atoms with Gasteiger partial charge in [-0.05, 0) is 60.4 Å². The minimum Gasteiger partial charge on any atom is -0.491 e. The number of carbonyl (C=O) groups excluding carboxylic acids is 1. The zero-order chi connectivity index (χ0) is 19.3. The van der Waals surface area contributed by atoms with Crippen LogP contribution in [0.5, 0.6) is 5.75 Å². The molecule has 1 aliphatic heterocycles. The van der Waals surface area contributed by atoms with Crippen molar-refractivity contribution >= 4 is 16.7 Å². The van der Waals surface area contributed by atoms with Crippen molar-refractivity contribution in [2.45, 2.75) is 31.9 Å². The van der Waals surface area contributed by atoms with E-state index in [0.717, 1.165) is 36.1 Å². The second kappa shape index (κ2) is 8.44. The first-order valence-electron chi connectivity index (χ1n) is 9.84. The fraction of sp³-hybridized carbons (Fsp3) is 0.292. The minimum atomic E-state index is -0.0916. The van der Waals surface area contributed by atoms with E-state index in [1.165, 1.54) is 5.39 Å². The Bertz CT molecular complexity index is 940. The molecule has 1 amide bonds. The molecule has 1 heterocycles. The van der Waals surface area contributed by atoms with Crippen LogP contribution in [0.2, 0.25) is 0 Å². The number of fused-ring (bicyclic) bond motifs is 1. The molecular weight excluding hydrogens is 350 g/mol. The molecule has 2 atom stereocenters. The molecule has 0 saturated carbocycles. The lowest BCUT2D eigenvalue weighted by molar-refractivity contribution is 0.0679. The average molecular weight is 375 g/mol. The highest BCUT2D eigenvalue weighted by molar-refractivity contribution is 5.95. The largest absolute Gasteiger partial charge is 0.491 e. The number of benzene rings is 3. The van der Waals surface area contributed by atoms with Gasteiger partial charge >= 0.3 is 0 Å². The zero-order valence-corrected chi connectivity index (χ0v) is 16.1. The van der Waals surface area contributed by atoms with Gasteiger partial charge in [0.25, 0.3) is 5.91 Å². The first kappa shape index (κ1) is 18.5. The van der Waals surface area contributed by atoms with E-state index in [-0.39, 0.29) is 18.1 Å². The highest BCUT2D eigenvalue weighted by atomic mass is 16.5. The molecule has 0 aromatic heterocycles. The van der Waals surface area contributed by atoms with E-state index in [9.17, 15) is 4.79 Å². The molecule has 144 valence electrons. The summed E-state index contributed by atoms with van der Waals surface area (Å²) in [5.41, 5.74) is 1.74. The maximum absolute atomic E-state index is 12.7. The van der Waals surface area contributed by atoms with Gasteiger partial charge in [-0.25, -0.2) is 0 Å². The summed E-state index contributed by atoms with van der Waals surface area (Å²) in [4.78, 5) is 12.7. The molecule has 0 bridgehead atoms. The summed E-state index contributed by atoms with van der Waals surface area (Å²) in [6, 6.07) is 21.6. The van der Waals surface area contributed by atoms with E-state index in [1.54, 1.807) is 12.1 Å². The van der Waals surface area contributed by atoms with Crippen molar-refractivity contribution in [1.82, 2.24) is 5.32 Å². The first-order chi connectivity index (χ1) is 13.7. The summed E-state index contributed by atoms with van der Waals surface area (Å²) in [6.45, 7) is 3.39. The number of amides is 1. The third-order valence-corrected chi connectivity index (χ3v) is 5.21. The second-order valence-electron chi connectivity index (χ2n) is 7.23. The molecule has 1 N–H and O–H groups in total. The van der Waals surface area contributed by atoms with Crippen LogP contribution >= 0.6 is 0 Å². The molecule has 0 radical (unpaired) electrons. The standard InChI is InChI=1S/C24H25NO3/c1-17(22-10-4-7-18-6-2-3-9-23(18)22)25-24(26)19-11-13-20(14-12-19)28-16-21-8-5-15-27-21/h2-4,6-7,9-14,17,21H,5,8,15-16H2,1H3,(H,25,26)/t17-,21-/m0/s1. The van der Waals surface area contributed by atoms with Crippen molar-refractivity contribution in [3.63, 3.8) is 0 Å². The van der Waals surface area contributed by atoms with Crippen LogP contribution in [0.1, 0.15) is 41.7 Å². The summed E-state index contributed by atoms with van der Waals surface area (Å²) in [5, 5.41) is 5.44. The Morgan fingerprint density at radius 3 is 2.68 bits per heavy atom. The lowest BCUT2D eigenvalue weighted by atomic mass is 9.99. The highest BCUT2D eigenvalue weighted by Crippen LogP contribution is 2.24. The van der Waals surface area contributed by atoms with Crippen molar-refractivity contribution in [2.75, 3.05) is 13.2 Å². The molecule has 0 aliphatic carbocycles. The molecule has 4 heteroatoms. The molecule has 28 heavy (non-hydrogen) atoms. The number of nitrogens with one attached hydrogen (secondary N) is 1. The van der Waals surface area contributed by atoms with Crippen LogP contribution in [0.15, 0.2) is 66.7 Å². The van der Waals surface area contributed by atoms with Crippen molar-refractivity contribution < 1.29 is 14.3 Å². The van der Waals surface area contributed by atoms with E-state index >= 15 is 0 Å². The zero-order valence-electron chi connectivity index (χ0n) is 16.1. The van der Waals surface area contributed by atoms with Crippen molar-refractivity contribution in [1.29, 1.82) is 0 Å². The Kier molecular flexibility index (Phi) is 5.58. The van der Waals surface area contributed by atoms with Crippen LogP contribution in [0.3, 0.4) is 0 Å². The van der Waals surface area contributed by atoms with Crippen LogP contribution in [0.25, 0.3) is 10.8 Å². The van der Waals surface area contributed by atoms with Gasteiger partial charge in [-0.2, -0.15) is 0 Å². The van der Waals surface area contributed by atoms with Gasteiger partial charge in [0, 0.05) is 12.2 Å². The summed E-state index contributed by atoms with van der Waals surface area (Å²) >= 11 is 0. The lowest BCUT2D eigenvalue weighted by Crippen LogP contribution is -2.26. The van der Waals surface area contributed by atoms with Gasteiger partial charge in [-0.3, -0.25) is 4.79 Å². The van der Waals surface area contributed by atoms with Crippen molar-refractivity contribution in [3.8, 4) is 5.75 Å². The van der Waals surface area contributed by atoms with Gasteiger partial charge in [0.2, 0.25) is 0 Å². The molecule has 0 unspecified atom stereocenters. The molecule has 1 aliphatic rings. The highest BCUT2D eigenvalue weighted by Gasteiger charge is 2.16. The molecule has 4 rings (SSSR count). The Morgan fingerprint density at radius 1 is 1.11 bits per heavy atom. The Balaban J connectivity index is 1.40. The van der Waals surface area contributed by atoms with Gasteiger partial charge in [-0.15, -0.1) is 0 Å². The van der Waals surface area contributed by atoms with Crippen LogP contribution in [-0.2, 0) is 4.74 Å². The number of hydrogen-bond donors (Lipinski definition) is 1. The third-order valence-electron chi connectivity index (χ3n) is 5.21. The van der Waals surface area contributed by atoms with E-state index in [4.69, 9.17) is 9.47 Å². The van der Waals surface area contributed by atoms with Crippen LogP contribution < -0.4 is 10.1 Å². The van der Waals surface area contributed by atoms with E-state index in [1.807, 2.05) is 37.3 Å². The number of hydrogen-bond acceptors (Lipinski definition) is 3. The topological polar surface area (TPSA) is 47.6 Å². The number of rotatable bonds is 6. The van der Waals surface area contributed by atoms with Gasteiger partial charge in [-0.1, -0.05) is 42.5 Å². The Hall–Kier alpha value is -2.85. The third kappa shape index (κ3) is 4.18. The van der Waals surface area contributed by atoms with E-state index < -0.39 is 0 Å². The average Bonchev–Trinajstić information content (AvgIpc) is 3.26. The SMILES string of the molecule is C[C@H](NC(=O)c1ccc(OC[C@@H]2CCCO2)cc1)c1cccc2ccccc12. The predicted molar refractivity (Wildman–Crippen MR) is 111 cm³/mol. The molecule has 3 aromatic carbocycles. The molecule has 4 nitrogen and oxygen atoms in total. The fourth-order valence-electron chi connectivity index (χ4n) is 3.65. The first-order valence-corrected chi connectivity index (χ1v) is 9.84. The quantitative estimate of drug-likeness (QED) is 0.667. The Labute approximate surface area is 165 Å². The van der Waals surface area contributed by atoms with Crippen LogP contribution in [-0.4, -0.2) is 25.2 Å². The Morgan fingerprint density at radius 2 is 1.89 bits per heavy atom. The monoisotopic (exact) mass is 375 g/mol. The van der Waals surface area contributed by atoms with Crippen LogP contribution in [0, 0.1) is 0 Å². The van der Waals surface area contributed by atoms with Gasteiger partial charge in [0.15, 0.2) is 0 Å². The fourth-order valence-corrected chi connectivity index (χ4v) is 3.65. The van der Waals surface area contributed by atoms with Gasteiger partial charge in [0.05, 0.1) is 12.1 Å². The number of ether oxygens (including phenoxy) is 2. The van der Waals surface area contributed by atoms with Gasteiger partial charge in [0.1, 0.15) is 12.4 Å². The van der Waals surface area contributed by atoms with Crippen molar-refractivity contribution in [2.24, 2.45) is 0 Å². The summed E-state index contributed by atoms with van der Waals surface area (Å²) in [6.07, 6.45) is 2.33. The molecule has 1 saturated heterocycles. The van der Waals surface area contributed by atoms with E-state index in [2.05, 4.69) is 29.6 Å².